The summed E-state index contributed by atoms with van der Waals surface area (Å²) in [6.07, 6.45) is 0. The molecule has 0 aromatic heterocycles. The first-order valence-electron chi connectivity index (χ1n) is 14.1. The average molecular weight is 905 g/mol. The van der Waals surface area contributed by atoms with Gasteiger partial charge in [-0.1, -0.05) is 18.2 Å². The highest BCUT2D eigenvalue weighted by molar-refractivity contribution is 7.97. The quantitative estimate of drug-likeness (QED) is 0.0276. The first kappa shape index (κ1) is 44.7. The van der Waals surface area contributed by atoms with Crippen LogP contribution in [0.15, 0.2) is 103 Å². The molecule has 0 saturated heterocycles. The van der Waals surface area contributed by atoms with Gasteiger partial charge in [0.25, 0.3) is 0 Å². The van der Waals surface area contributed by atoms with E-state index in [1.54, 1.807) is 30.3 Å². The van der Waals surface area contributed by atoms with Crippen LogP contribution in [0.25, 0.3) is 0 Å². The van der Waals surface area contributed by atoms with Gasteiger partial charge in [0, 0.05) is 0 Å². The van der Waals surface area contributed by atoms with Crippen LogP contribution >= 0.6 is 0 Å². The maximum Gasteiger partial charge on any atom is 0.485 e. The highest BCUT2D eigenvalue weighted by atomic mass is 32.2. The van der Waals surface area contributed by atoms with E-state index in [0.717, 1.165) is 24.3 Å². The molecule has 0 aliphatic rings. The second-order valence-corrected chi connectivity index (χ2v) is 16.7. The Labute approximate surface area is 314 Å². The summed E-state index contributed by atoms with van der Waals surface area (Å²) in [6, 6.07) is 17.5. The second kappa shape index (κ2) is 16.4. The molecule has 0 N–H and O–H groups in total. The summed E-state index contributed by atoms with van der Waals surface area (Å²) < 4.78 is 256. The molecule has 0 unspecified atom stereocenters. The lowest BCUT2D eigenvalue weighted by Crippen LogP contribution is -2.21. The molecule has 5 aromatic carbocycles. The lowest BCUT2D eigenvalue weighted by molar-refractivity contribution is -0.0517. The molecule has 0 heterocycles. The SMILES string of the molecule is O=S(=O)(Oc1ccc([S+](c2ccccc2)c2ccc(OS(=O)(=O)c3c(F)c(F)c(F)c(F)c3F)cc2)cc1)c1c(F)c(F)c(F)c(F)c1F.O=S(=O)([O-])C(F)(F)F. The van der Waals surface area contributed by atoms with E-state index in [9.17, 15) is 73.9 Å². The first-order valence-corrected chi connectivity index (χ1v) is 19.6. The van der Waals surface area contributed by atoms with Crippen LogP contribution in [0.2, 0.25) is 0 Å². The van der Waals surface area contributed by atoms with E-state index in [2.05, 4.69) is 8.37 Å². The molecule has 0 amide bonds. The van der Waals surface area contributed by atoms with Crippen molar-refractivity contribution in [2.45, 2.75) is 30.0 Å². The van der Waals surface area contributed by atoms with Crippen LogP contribution in [-0.2, 0) is 41.2 Å². The molecule has 26 heteroatoms. The third kappa shape index (κ3) is 9.40. The van der Waals surface area contributed by atoms with Crippen molar-refractivity contribution in [2.75, 3.05) is 0 Å². The van der Waals surface area contributed by atoms with Gasteiger partial charge in [-0.2, -0.15) is 30.0 Å². The normalized spacial score (nSPS) is 12.3. The molecule has 0 fully saturated rings. The smallest absolute Gasteiger partial charge is 0.485 e. The zero-order valence-corrected chi connectivity index (χ0v) is 30.0. The molecule has 0 spiro atoms. The van der Waals surface area contributed by atoms with Crippen molar-refractivity contribution < 1.29 is 95.2 Å². The Morgan fingerprint density at radius 1 is 0.421 bits per heavy atom. The minimum Gasteiger partial charge on any atom is -0.741 e. The predicted molar refractivity (Wildman–Crippen MR) is 165 cm³/mol. The van der Waals surface area contributed by atoms with Gasteiger partial charge in [0.15, 0.2) is 81.1 Å². The third-order valence-corrected chi connectivity index (χ3v) is 12.0. The molecular weight excluding hydrogens is 892 g/mol. The Bertz CT molecular complexity index is 2460. The van der Waals surface area contributed by atoms with Gasteiger partial charge < -0.3 is 12.9 Å². The van der Waals surface area contributed by atoms with Gasteiger partial charge in [-0.15, -0.1) is 0 Å². The lowest BCUT2D eigenvalue weighted by Gasteiger charge is -2.12. The van der Waals surface area contributed by atoms with Crippen molar-refractivity contribution in [2.24, 2.45) is 0 Å². The van der Waals surface area contributed by atoms with E-state index in [1.807, 2.05) is 0 Å². The molecular formula is C31H13F13O9S4. The number of rotatable bonds is 9. The molecule has 0 atom stereocenters. The molecule has 9 nitrogen and oxygen atoms in total. The Morgan fingerprint density at radius 3 is 0.930 bits per heavy atom. The molecule has 0 saturated carbocycles. The average Bonchev–Trinajstić information content (AvgIpc) is 3.12. The summed E-state index contributed by atoms with van der Waals surface area (Å²) in [5, 5.41) is 0. The molecule has 57 heavy (non-hydrogen) atoms. The van der Waals surface area contributed by atoms with Crippen molar-refractivity contribution in [3.63, 3.8) is 0 Å². The van der Waals surface area contributed by atoms with E-state index in [1.165, 1.54) is 24.3 Å². The number of hydrogen-bond acceptors (Lipinski definition) is 9. The van der Waals surface area contributed by atoms with Crippen molar-refractivity contribution in [3.8, 4) is 11.5 Å². The standard InChI is InChI=1S/C30H13F10O6S3.CHF3O3S/c31-19-21(33)25(37)29(26(38)22(19)34)48(41,42)45-14-6-10-17(11-7-14)47(16-4-2-1-3-5-16)18-12-8-15(9-13-18)46-49(43,44)30-27(39)23(35)20(32)24(36)28(30)40;2-1(3,4)8(5,6)7/h1-13H;(H,5,6,7)/q+1;/p-1. The van der Waals surface area contributed by atoms with Crippen molar-refractivity contribution in [1.29, 1.82) is 0 Å². The molecule has 306 valence electrons. The fraction of sp³-hybridized carbons (Fsp3) is 0.0323. The van der Waals surface area contributed by atoms with Crippen LogP contribution < -0.4 is 8.37 Å². The highest BCUT2D eigenvalue weighted by Crippen LogP contribution is 2.36. The summed E-state index contributed by atoms with van der Waals surface area (Å²) >= 11 is 0. The third-order valence-electron chi connectivity index (χ3n) is 6.63. The van der Waals surface area contributed by atoms with Crippen LogP contribution in [0.1, 0.15) is 0 Å². The van der Waals surface area contributed by atoms with Crippen LogP contribution in [0, 0.1) is 58.2 Å². The fourth-order valence-corrected chi connectivity index (χ4v) is 8.37. The predicted octanol–water partition coefficient (Wildman–Crippen LogP) is 7.76. The Morgan fingerprint density at radius 2 is 0.667 bits per heavy atom. The summed E-state index contributed by atoms with van der Waals surface area (Å²) in [5.74, 6) is -26.9. The zero-order chi connectivity index (χ0) is 43.0. The van der Waals surface area contributed by atoms with Crippen LogP contribution in [0.3, 0.4) is 0 Å². The molecule has 0 aliphatic heterocycles. The first-order chi connectivity index (χ1) is 26.2. The van der Waals surface area contributed by atoms with Gasteiger partial charge in [0.05, 0.1) is 10.9 Å². The fourth-order valence-electron chi connectivity index (χ4n) is 4.17. The maximum atomic E-state index is 14.1. The van der Waals surface area contributed by atoms with Gasteiger partial charge in [-0.25, -0.2) is 52.3 Å². The summed E-state index contributed by atoms with van der Waals surface area (Å²) in [7, 11) is -18.4. The van der Waals surface area contributed by atoms with Gasteiger partial charge >= 0.3 is 25.7 Å². The van der Waals surface area contributed by atoms with Crippen LogP contribution in [0.5, 0.6) is 11.5 Å². The van der Waals surface area contributed by atoms with Gasteiger partial charge in [-0.3, -0.25) is 0 Å². The lowest BCUT2D eigenvalue weighted by atomic mass is 10.3. The Balaban J connectivity index is 0.000000812. The summed E-state index contributed by atoms with van der Waals surface area (Å²) in [4.78, 5) is -3.01. The van der Waals surface area contributed by atoms with E-state index in [4.69, 9.17) is 13.0 Å². The molecule has 0 aliphatic carbocycles. The maximum absolute atomic E-state index is 14.1. The number of halogens is 13. The van der Waals surface area contributed by atoms with E-state index in [-0.39, 0.29) is 0 Å². The molecule has 0 radical (unpaired) electrons. The molecule has 0 bridgehead atoms. The Hall–Kier alpha value is -5.05. The second-order valence-electron chi connectivity index (χ2n) is 10.3. The number of benzene rings is 5. The summed E-state index contributed by atoms with van der Waals surface area (Å²) in [6.45, 7) is 0. The monoisotopic (exact) mass is 904 g/mol. The van der Waals surface area contributed by atoms with Crippen molar-refractivity contribution >= 4 is 41.2 Å². The minimum atomic E-state index is -6.09. The van der Waals surface area contributed by atoms with E-state index < -0.39 is 126 Å². The Kier molecular flexibility index (Phi) is 12.9. The largest absolute Gasteiger partial charge is 0.741 e. The van der Waals surface area contributed by atoms with Gasteiger partial charge in [0.1, 0.15) is 11.5 Å². The van der Waals surface area contributed by atoms with Crippen LogP contribution in [0.4, 0.5) is 57.1 Å². The number of alkyl halides is 3. The van der Waals surface area contributed by atoms with Crippen LogP contribution in [-0.4, -0.2) is 35.3 Å². The van der Waals surface area contributed by atoms with E-state index >= 15 is 0 Å². The van der Waals surface area contributed by atoms with Gasteiger partial charge in [-0.05, 0) is 60.7 Å². The molecule has 5 aromatic rings. The topological polar surface area (TPSA) is 144 Å². The minimum absolute atomic E-state index is 0.398. The highest BCUT2D eigenvalue weighted by Gasteiger charge is 2.38. The van der Waals surface area contributed by atoms with E-state index in [0.29, 0.717) is 14.7 Å². The van der Waals surface area contributed by atoms with Crippen molar-refractivity contribution in [3.05, 3.63) is 137 Å². The van der Waals surface area contributed by atoms with Gasteiger partial charge in [0.2, 0.25) is 11.6 Å². The molecule has 5 rings (SSSR count). The zero-order valence-electron chi connectivity index (χ0n) is 26.7. The summed E-state index contributed by atoms with van der Waals surface area (Å²) in [5.41, 5.74) is -5.65. The number of hydrogen-bond donors (Lipinski definition) is 0. The van der Waals surface area contributed by atoms with Crippen molar-refractivity contribution in [1.82, 2.24) is 0 Å².